The van der Waals surface area contributed by atoms with Gasteiger partial charge in [0.15, 0.2) is 11.5 Å². The molecule has 0 spiro atoms. The highest BCUT2D eigenvalue weighted by molar-refractivity contribution is 6.30. The smallest absolute Gasteiger partial charge is 0.334 e. The summed E-state index contributed by atoms with van der Waals surface area (Å²) in [6, 6.07) is 7.16. The van der Waals surface area contributed by atoms with Crippen molar-refractivity contribution in [2.45, 2.75) is 0 Å². The molecule has 0 radical (unpaired) electrons. The molecule has 0 atom stereocenters. The molecule has 0 saturated heterocycles. The SMILES string of the molecule is NNc1nc(=O)[nH]c2nc(-c3ccc(Cl)cc3)[nH]c12. The summed E-state index contributed by atoms with van der Waals surface area (Å²) in [4.78, 5) is 24.9. The van der Waals surface area contributed by atoms with Crippen LogP contribution in [0.2, 0.25) is 5.02 Å². The van der Waals surface area contributed by atoms with Gasteiger partial charge in [-0.05, 0) is 24.3 Å². The van der Waals surface area contributed by atoms with Crippen LogP contribution >= 0.6 is 11.6 Å². The number of imidazole rings is 1. The summed E-state index contributed by atoms with van der Waals surface area (Å²) in [5, 5.41) is 0.638. The van der Waals surface area contributed by atoms with Gasteiger partial charge in [0.2, 0.25) is 0 Å². The monoisotopic (exact) mass is 276 g/mol. The minimum Gasteiger partial charge on any atom is -0.334 e. The first-order valence-corrected chi connectivity index (χ1v) is 5.78. The first kappa shape index (κ1) is 11.7. The summed E-state index contributed by atoms with van der Waals surface area (Å²) < 4.78 is 0. The lowest BCUT2D eigenvalue weighted by atomic mass is 10.2. The number of hydrogen-bond donors (Lipinski definition) is 4. The minimum atomic E-state index is -0.519. The topological polar surface area (TPSA) is 112 Å². The van der Waals surface area contributed by atoms with Gasteiger partial charge in [-0.2, -0.15) is 4.98 Å². The Balaban J connectivity index is 2.21. The van der Waals surface area contributed by atoms with Crippen LogP contribution in [0.1, 0.15) is 0 Å². The maximum atomic E-state index is 11.3. The summed E-state index contributed by atoms with van der Waals surface area (Å²) in [6.07, 6.45) is 0. The van der Waals surface area contributed by atoms with Crippen LogP contribution in [0.5, 0.6) is 0 Å². The van der Waals surface area contributed by atoms with Gasteiger partial charge in [0, 0.05) is 10.6 Å². The Bertz CT molecular complexity index is 791. The first-order valence-electron chi connectivity index (χ1n) is 5.40. The molecule has 3 rings (SSSR count). The number of aromatic amines is 2. The number of nitrogens with one attached hydrogen (secondary N) is 3. The Kier molecular flexibility index (Phi) is 2.69. The van der Waals surface area contributed by atoms with Gasteiger partial charge < -0.3 is 10.4 Å². The molecule has 5 N–H and O–H groups in total. The van der Waals surface area contributed by atoms with Crippen LogP contribution in [0.15, 0.2) is 29.1 Å². The van der Waals surface area contributed by atoms with Crippen molar-refractivity contribution in [3.8, 4) is 11.4 Å². The lowest BCUT2D eigenvalue weighted by Gasteiger charge is -1.97. The van der Waals surface area contributed by atoms with Crippen LogP contribution in [0.4, 0.5) is 5.82 Å². The van der Waals surface area contributed by atoms with Crippen LogP contribution in [0, 0.1) is 0 Å². The Morgan fingerprint density at radius 1 is 1.16 bits per heavy atom. The molecule has 8 heteroatoms. The molecule has 0 aliphatic carbocycles. The van der Waals surface area contributed by atoms with Crippen LogP contribution in [-0.2, 0) is 0 Å². The van der Waals surface area contributed by atoms with Gasteiger partial charge >= 0.3 is 5.69 Å². The molecule has 0 aliphatic heterocycles. The van der Waals surface area contributed by atoms with Crippen molar-refractivity contribution < 1.29 is 0 Å². The van der Waals surface area contributed by atoms with E-state index in [1.807, 2.05) is 12.1 Å². The first-order chi connectivity index (χ1) is 9.17. The number of nitrogens with zero attached hydrogens (tertiary/aromatic N) is 2. The van der Waals surface area contributed by atoms with Gasteiger partial charge in [0.25, 0.3) is 0 Å². The zero-order valence-corrected chi connectivity index (χ0v) is 10.3. The Labute approximate surface area is 111 Å². The van der Waals surface area contributed by atoms with Crippen molar-refractivity contribution in [2.24, 2.45) is 5.84 Å². The molecule has 0 saturated carbocycles. The van der Waals surface area contributed by atoms with Gasteiger partial charge in [0.05, 0.1) is 0 Å². The van der Waals surface area contributed by atoms with E-state index in [1.54, 1.807) is 12.1 Å². The highest BCUT2D eigenvalue weighted by Gasteiger charge is 2.10. The highest BCUT2D eigenvalue weighted by atomic mass is 35.5. The molecular weight excluding hydrogens is 268 g/mol. The second kappa shape index (κ2) is 4.38. The molecule has 7 nitrogen and oxygen atoms in total. The van der Waals surface area contributed by atoms with Crippen molar-refractivity contribution in [3.63, 3.8) is 0 Å². The molecule has 2 aromatic heterocycles. The number of anilines is 1. The predicted octanol–water partition coefficient (Wildman–Crippen LogP) is 1.25. The van der Waals surface area contributed by atoms with Crippen LogP contribution in [-0.4, -0.2) is 19.9 Å². The van der Waals surface area contributed by atoms with Gasteiger partial charge in [-0.3, -0.25) is 4.98 Å². The van der Waals surface area contributed by atoms with Gasteiger partial charge in [-0.25, -0.2) is 15.6 Å². The van der Waals surface area contributed by atoms with Crippen LogP contribution < -0.4 is 17.0 Å². The fourth-order valence-corrected chi connectivity index (χ4v) is 1.90. The Morgan fingerprint density at radius 3 is 2.58 bits per heavy atom. The third-order valence-electron chi connectivity index (χ3n) is 2.63. The van der Waals surface area contributed by atoms with Crippen molar-refractivity contribution in [3.05, 3.63) is 39.8 Å². The van der Waals surface area contributed by atoms with E-state index in [9.17, 15) is 4.79 Å². The van der Waals surface area contributed by atoms with Gasteiger partial charge in [-0.15, -0.1) is 0 Å². The number of H-pyrrole nitrogens is 2. The second-order valence-electron chi connectivity index (χ2n) is 3.85. The number of nitrogen functional groups attached to an aromatic ring is 1. The molecule has 19 heavy (non-hydrogen) atoms. The lowest BCUT2D eigenvalue weighted by molar-refractivity contribution is 1.09. The van der Waals surface area contributed by atoms with E-state index in [1.165, 1.54) is 0 Å². The van der Waals surface area contributed by atoms with E-state index < -0.39 is 5.69 Å². The number of halogens is 1. The van der Waals surface area contributed by atoms with Crippen molar-refractivity contribution in [1.82, 2.24) is 19.9 Å². The number of nitrogens with two attached hydrogens (primary N) is 1. The average molecular weight is 277 g/mol. The molecule has 0 amide bonds. The molecule has 96 valence electrons. The largest absolute Gasteiger partial charge is 0.348 e. The molecule has 2 heterocycles. The molecule has 0 unspecified atom stereocenters. The standard InChI is InChI=1S/C11H9ClN6O/c12-6-3-1-5(2-4-6)8-14-7-9(15-8)16-11(19)17-10(7)18-13/h1-4H,13H2,(H3,14,15,16,17,18,19). The minimum absolute atomic E-state index is 0.242. The third-order valence-corrected chi connectivity index (χ3v) is 2.89. The number of hydrogen-bond acceptors (Lipinski definition) is 5. The van der Waals surface area contributed by atoms with Crippen molar-refractivity contribution in [1.29, 1.82) is 0 Å². The molecular formula is C11H9ClN6O. The number of rotatable bonds is 2. The van der Waals surface area contributed by atoms with Crippen LogP contribution in [0.25, 0.3) is 22.6 Å². The molecule has 3 aromatic rings. The van der Waals surface area contributed by atoms with Gasteiger partial charge in [-0.1, -0.05) is 11.6 Å². The second-order valence-corrected chi connectivity index (χ2v) is 4.29. The van der Waals surface area contributed by atoms with E-state index in [0.29, 0.717) is 22.0 Å². The van der Waals surface area contributed by atoms with Crippen molar-refractivity contribution >= 4 is 28.6 Å². The molecule has 0 fully saturated rings. The zero-order valence-electron chi connectivity index (χ0n) is 9.57. The van der Waals surface area contributed by atoms with E-state index in [4.69, 9.17) is 17.4 Å². The average Bonchev–Trinajstić information content (AvgIpc) is 2.82. The number of hydrazine groups is 1. The predicted molar refractivity (Wildman–Crippen MR) is 72.8 cm³/mol. The third kappa shape index (κ3) is 2.05. The highest BCUT2D eigenvalue weighted by Crippen LogP contribution is 2.22. The lowest BCUT2D eigenvalue weighted by Crippen LogP contribution is -2.17. The number of fused-ring (bicyclic) bond motifs is 1. The normalized spacial score (nSPS) is 10.8. The maximum Gasteiger partial charge on any atom is 0.348 e. The molecule has 0 bridgehead atoms. The Hall–Kier alpha value is -2.38. The molecule has 0 aliphatic rings. The quantitative estimate of drug-likeness (QED) is 0.416. The summed E-state index contributed by atoms with van der Waals surface area (Å²) in [5.74, 6) is 6.15. The summed E-state index contributed by atoms with van der Waals surface area (Å²) in [5.41, 5.74) is 3.60. The fraction of sp³-hybridized carbons (Fsp3) is 0. The zero-order chi connectivity index (χ0) is 13.4. The number of aromatic nitrogens is 4. The van der Waals surface area contributed by atoms with E-state index >= 15 is 0 Å². The molecule has 1 aromatic carbocycles. The van der Waals surface area contributed by atoms with E-state index in [2.05, 4.69) is 25.4 Å². The fourth-order valence-electron chi connectivity index (χ4n) is 1.77. The van der Waals surface area contributed by atoms with Crippen molar-refractivity contribution in [2.75, 3.05) is 5.43 Å². The van der Waals surface area contributed by atoms with E-state index in [0.717, 1.165) is 5.56 Å². The van der Waals surface area contributed by atoms with Crippen LogP contribution in [0.3, 0.4) is 0 Å². The number of benzene rings is 1. The Morgan fingerprint density at radius 2 is 1.89 bits per heavy atom. The summed E-state index contributed by atoms with van der Waals surface area (Å²) in [7, 11) is 0. The van der Waals surface area contributed by atoms with Gasteiger partial charge in [0.1, 0.15) is 11.3 Å². The summed E-state index contributed by atoms with van der Waals surface area (Å²) in [6.45, 7) is 0. The summed E-state index contributed by atoms with van der Waals surface area (Å²) >= 11 is 5.83. The van der Waals surface area contributed by atoms with E-state index in [-0.39, 0.29) is 5.82 Å². The maximum absolute atomic E-state index is 11.3.